The van der Waals surface area contributed by atoms with Crippen LogP contribution in [0.25, 0.3) is 0 Å². The summed E-state index contributed by atoms with van der Waals surface area (Å²) in [7, 11) is 0. The van der Waals surface area contributed by atoms with Gasteiger partial charge in [-0.1, -0.05) is 0 Å². The fourth-order valence-corrected chi connectivity index (χ4v) is 1.76. The van der Waals surface area contributed by atoms with Crippen LogP contribution in [0.15, 0.2) is 0 Å². The van der Waals surface area contributed by atoms with Gasteiger partial charge in [-0.3, -0.25) is 4.79 Å². The molecule has 1 amide bonds. The van der Waals surface area contributed by atoms with Crippen LogP contribution >= 0.6 is 12.4 Å². The van der Waals surface area contributed by atoms with Crippen LogP contribution in [0, 0.1) is 5.92 Å². The molecular formula is C10H21ClN2O2. The molecule has 1 heterocycles. The number of aliphatic hydroxyl groups is 1. The summed E-state index contributed by atoms with van der Waals surface area (Å²) in [6.07, 6.45) is 1.33. The molecule has 90 valence electrons. The maximum atomic E-state index is 11.6. The van der Waals surface area contributed by atoms with Gasteiger partial charge >= 0.3 is 0 Å². The van der Waals surface area contributed by atoms with E-state index in [0.29, 0.717) is 12.6 Å². The highest BCUT2D eigenvalue weighted by molar-refractivity contribution is 5.85. The quantitative estimate of drug-likeness (QED) is 0.660. The van der Waals surface area contributed by atoms with Crippen LogP contribution in [0.3, 0.4) is 0 Å². The lowest BCUT2D eigenvalue weighted by atomic mass is 9.92. The summed E-state index contributed by atoms with van der Waals surface area (Å²) in [5.74, 6) is 0.198. The highest BCUT2D eigenvalue weighted by atomic mass is 35.5. The lowest BCUT2D eigenvalue weighted by Crippen LogP contribution is -2.43. The second kappa shape index (κ2) is 7.04. The van der Waals surface area contributed by atoms with E-state index in [2.05, 4.69) is 17.6 Å². The third-order valence-corrected chi connectivity index (χ3v) is 2.57. The van der Waals surface area contributed by atoms with Gasteiger partial charge in [-0.25, -0.2) is 0 Å². The maximum absolute atomic E-state index is 11.6. The molecule has 0 spiro atoms. The molecule has 0 radical (unpaired) electrons. The Bertz CT molecular complexity index is 200. The molecule has 0 aromatic carbocycles. The minimum Gasteiger partial charge on any atom is -0.392 e. The van der Waals surface area contributed by atoms with E-state index in [1.807, 2.05) is 0 Å². The van der Waals surface area contributed by atoms with E-state index >= 15 is 0 Å². The van der Waals surface area contributed by atoms with Crippen LogP contribution in [-0.2, 0) is 4.79 Å². The van der Waals surface area contributed by atoms with E-state index < -0.39 is 6.10 Å². The average molecular weight is 237 g/mol. The number of halogens is 1. The molecule has 0 bridgehead atoms. The monoisotopic (exact) mass is 236 g/mol. The normalized spacial score (nSPS) is 27.7. The molecule has 1 aliphatic rings. The van der Waals surface area contributed by atoms with Gasteiger partial charge in [0.25, 0.3) is 0 Å². The predicted octanol–water partition coefficient (Wildman–Crippen LogP) is 0.293. The van der Waals surface area contributed by atoms with Gasteiger partial charge < -0.3 is 15.7 Å². The molecule has 15 heavy (non-hydrogen) atoms. The molecule has 1 rings (SSSR count). The summed E-state index contributed by atoms with van der Waals surface area (Å²) in [4.78, 5) is 11.6. The Labute approximate surface area is 97.2 Å². The topological polar surface area (TPSA) is 61.4 Å². The first kappa shape index (κ1) is 14.7. The third-order valence-electron chi connectivity index (χ3n) is 2.57. The third kappa shape index (κ3) is 5.35. The molecule has 4 nitrogen and oxygen atoms in total. The van der Waals surface area contributed by atoms with E-state index in [4.69, 9.17) is 5.11 Å². The Morgan fingerprint density at radius 3 is 2.87 bits per heavy atom. The summed E-state index contributed by atoms with van der Waals surface area (Å²) in [5, 5.41) is 15.1. The standard InChI is InChI=1S/C10H20N2O2.ClH/c1-7-5-9(3-4-11-7)10(14)12-6-8(2)13;/h7-9,11,13H,3-6H2,1-2H3,(H,12,14);1H/t7-,8?,9-;/m0./s1. The predicted molar refractivity (Wildman–Crippen MR) is 62.1 cm³/mol. The maximum Gasteiger partial charge on any atom is 0.223 e. The van der Waals surface area contributed by atoms with Crippen molar-refractivity contribution >= 4 is 18.3 Å². The fourth-order valence-electron chi connectivity index (χ4n) is 1.76. The first-order valence-corrected chi connectivity index (χ1v) is 5.28. The van der Waals surface area contributed by atoms with Crippen LogP contribution in [-0.4, -0.2) is 36.2 Å². The second-order valence-corrected chi connectivity index (χ2v) is 4.17. The van der Waals surface area contributed by atoms with Gasteiger partial charge in [0.2, 0.25) is 5.91 Å². The fraction of sp³-hybridized carbons (Fsp3) is 0.900. The molecule has 1 saturated heterocycles. The smallest absolute Gasteiger partial charge is 0.223 e. The van der Waals surface area contributed by atoms with E-state index in [0.717, 1.165) is 19.4 Å². The van der Waals surface area contributed by atoms with Crippen molar-refractivity contribution in [2.75, 3.05) is 13.1 Å². The van der Waals surface area contributed by atoms with Crippen molar-refractivity contribution in [3.63, 3.8) is 0 Å². The second-order valence-electron chi connectivity index (χ2n) is 4.17. The van der Waals surface area contributed by atoms with E-state index in [1.54, 1.807) is 6.92 Å². The minimum atomic E-state index is -0.460. The van der Waals surface area contributed by atoms with Crippen molar-refractivity contribution in [1.29, 1.82) is 0 Å². The number of aliphatic hydroxyl groups excluding tert-OH is 1. The van der Waals surface area contributed by atoms with E-state index in [-0.39, 0.29) is 24.2 Å². The van der Waals surface area contributed by atoms with E-state index in [9.17, 15) is 4.79 Å². The first-order chi connectivity index (χ1) is 6.59. The highest BCUT2D eigenvalue weighted by Crippen LogP contribution is 2.15. The minimum absolute atomic E-state index is 0. The molecule has 0 saturated carbocycles. The Morgan fingerprint density at radius 1 is 1.67 bits per heavy atom. The van der Waals surface area contributed by atoms with Gasteiger partial charge in [0.15, 0.2) is 0 Å². The molecule has 1 aliphatic heterocycles. The zero-order chi connectivity index (χ0) is 10.6. The van der Waals surface area contributed by atoms with Crippen molar-refractivity contribution in [2.45, 2.75) is 38.8 Å². The van der Waals surface area contributed by atoms with Crippen LogP contribution in [0.1, 0.15) is 26.7 Å². The van der Waals surface area contributed by atoms with Gasteiger partial charge in [-0.2, -0.15) is 0 Å². The van der Waals surface area contributed by atoms with Crippen LogP contribution in [0.4, 0.5) is 0 Å². The Hall–Kier alpha value is -0.320. The van der Waals surface area contributed by atoms with Gasteiger partial charge in [0, 0.05) is 18.5 Å². The van der Waals surface area contributed by atoms with Crippen molar-refractivity contribution < 1.29 is 9.90 Å². The first-order valence-electron chi connectivity index (χ1n) is 5.28. The SMILES string of the molecule is CC(O)CNC(=O)[C@H]1CCN[C@@H](C)C1.Cl. The Balaban J connectivity index is 0.00000196. The summed E-state index contributed by atoms with van der Waals surface area (Å²) in [6, 6.07) is 0.422. The molecule has 3 atom stereocenters. The van der Waals surface area contributed by atoms with Crippen LogP contribution in [0.2, 0.25) is 0 Å². The zero-order valence-corrected chi connectivity index (χ0v) is 10.1. The number of hydrogen-bond acceptors (Lipinski definition) is 3. The summed E-state index contributed by atoms with van der Waals surface area (Å²) >= 11 is 0. The lowest BCUT2D eigenvalue weighted by Gasteiger charge is -2.27. The number of carbonyl (C=O) groups is 1. The zero-order valence-electron chi connectivity index (χ0n) is 9.32. The van der Waals surface area contributed by atoms with Gasteiger partial charge in [-0.15, -0.1) is 12.4 Å². The summed E-state index contributed by atoms with van der Waals surface area (Å²) < 4.78 is 0. The van der Waals surface area contributed by atoms with Crippen molar-refractivity contribution in [2.24, 2.45) is 5.92 Å². The highest BCUT2D eigenvalue weighted by Gasteiger charge is 2.24. The van der Waals surface area contributed by atoms with Crippen LogP contribution < -0.4 is 10.6 Å². The summed E-state index contributed by atoms with van der Waals surface area (Å²) in [5.41, 5.74) is 0. The summed E-state index contributed by atoms with van der Waals surface area (Å²) in [6.45, 7) is 5.03. The van der Waals surface area contributed by atoms with Crippen LogP contribution in [0.5, 0.6) is 0 Å². The molecule has 1 unspecified atom stereocenters. The molecule has 5 heteroatoms. The number of amides is 1. The van der Waals surface area contributed by atoms with Crippen molar-refractivity contribution in [3.05, 3.63) is 0 Å². The Kier molecular flexibility index (Phi) is 6.89. The molecule has 0 aromatic rings. The largest absolute Gasteiger partial charge is 0.392 e. The van der Waals surface area contributed by atoms with Crippen molar-refractivity contribution in [1.82, 2.24) is 10.6 Å². The molecule has 1 fully saturated rings. The number of carbonyl (C=O) groups excluding carboxylic acids is 1. The molecule has 3 N–H and O–H groups in total. The number of rotatable bonds is 3. The molecular weight excluding hydrogens is 216 g/mol. The average Bonchev–Trinajstić information content (AvgIpc) is 2.14. The molecule has 0 aromatic heterocycles. The lowest BCUT2D eigenvalue weighted by molar-refractivity contribution is -0.126. The van der Waals surface area contributed by atoms with Gasteiger partial charge in [0.05, 0.1) is 6.10 Å². The van der Waals surface area contributed by atoms with E-state index in [1.165, 1.54) is 0 Å². The van der Waals surface area contributed by atoms with Gasteiger partial charge in [-0.05, 0) is 33.2 Å². The number of piperidine rings is 1. The van der Waals surface area contributed by atoms with Gasteiger partial charge in [0.1, 0.15) is 0 Å². The molecule has 0 aliphatic carbocycles. The Morgan fingerprint density at radius 2 is 2.33 bits per heavy atom. The van der Waals surface area contributed by atoms with Crippen molar-refractivity contribution in [3.8, 4) is 0 Å². The number of hydrogen-bond donors (Lipinski definition) is 3. The number of nitrogens with one attached hydrogen (secondary N) is 2.